The first-order valence-corrected chi connectivity index (χ1v) is 10.4. The van der Waals surface area contributed by atoms with Crippen LogP contribution in [0.3, 0.4) is 0 Å². The number of rotatable bonds is 7. The van der Waals surface area contributed by atoms with Gasteiger partial charge in [0, 0.05) is 25.9 Å². The first-order valence-electron chi connectivity index (χ1n) is 9.22. The molecule has 2 aromatic carbocycles. The Kier molecular flexibility index (Phi) is 6.78. The van der Waals surface area contributed by atoms with Gasteiger partial charge < -0.3 is 9.47 Å². The highest BCUT2D eigenvalue weighted by atomic mass is 35.5. The molecule has 0 unspecified atom stereocenters. The molecular weight excluding hydrogens is 404 g/mol. The van der Waals surface area contributed by atoms with Crippen LogP contribution in [0.5, 0.6) is 11.5 Å². The Morgan fingerprint density at radius 1 is 1.07 bits per heavy atom. The van der Waals surface area contributed by atoms with E-state index in [1.54, 1.807) is 30.6 Å². The Morgan fingerprint density at radius 2 is 1.83 bits per heavy atom. The SMILES string of the molecule is COc1ccc(/C=C/C(=O)c2cc(C)sc2C)cc1COc1ccc(Cl)cc1C. The molecule has 0 amide bonds. The zero-order valence-corrected chi connectivity index (χ0v) is 18.5. The molecule has 3 aromatic rings. The zero-order chi connectivity index (χ0) is 21.0. The van der Waals surface area contributed by atoms with Crippen molar-refractivity contribution in [1.29, 1.82) is 0 Å². The van der Waals surface area contributed by atoms with Gasteiger partial charge in [0.2, 0.25) is 0 Å². The number of carbonyl (C=O) groups excluding carboxylic acids is 1. The van der Waals surface area contributed by atoms with E-state index >= 15 is 0 Å². The van der Waals surface area contributed by atoms with E-state index in [1.807, 2.05) is 63.2 Å². The molecule has 0 bridgehead atoms. The topological polar surface area (TPSA) is 35.5 Å². The summed E-state index contributed by atoms with van der Waals surface area (Å²) >= 11 is 7.65. The Balaban J connectivity index is 1.77. The highest BCUT2D eigenvalue weighted by Gasteiger charge is 2.10. The molecule has 0 spiro atoms. The van der Waals surface area contributed by atoms with Crippen LogP contribution < -0.4 is 9.47 Å². The first-order chi connectivity index (χ1) is 13.9. The third kappa shape index (κ3) is 5.28. The van der Waals surface area contributed by atoms with E-state index < -0.39 is 0 Å². The van der Waals surface area contributed by atoms with Gasteiger partial charge in [-0.05, 0) is 74.4 Å². The molecule has 3 nitrogen and oxygen atoms in total. The number of hydrogen-bond donors (Lipinski definition) is 0. The first kappa shape index (κ1) is 21.2. The number of aryl methyl sites for hydroxylation is 3. The monoisotopic (exact) mass is 426 g/mol. The Labute approximate surface area is 180 Å². The summed E-state index contributed by atoms with van der Waals surface area (Å²) in [5, 5.41) is 0.681. The molecule has 0 radical (unpaired) electrons. The van der Waals surface area contributed by atoms with Crippen molar-refractivity contribution in [2.24, 2.45) is 0 Å². The van der Waals surface area contributed by atoms with Gasteiger partial charge in [0.1, 0.15) is 18.1 Å². The number of halogens is 1. The van der Waals surface area contributed by atoms with E-state index in [0.717, 1.165) is 43.5 Å². The van der Waals surface area contributed by atoms with Gasteiger partial charge in [0.05, 0.1) is 7.11 Å². The highest BCUT2D eigenvalue weighted by Crippen LogP contribution is 2.26. The Morgan fingerprint density at radius 3 is 2.48 bits per heavy atom. The van der Waals surface area contributed by atoms with E-state index in [1.165, 1.54) is 0 Å². The molecule has 3 rings (SSSR count). The number of ether oxygens (including phenoxy) is 2. The summed E-state index contributed by atoms with van der Waals surface area (Å²) in [6, 6.07) is 13.3. The molecule has 150 valence electrons. The van der Waals surface area contributed by atoms with Crippen molar-refractivity contribution < 1.29 is 14.3 Å². The normalized spacial score (nSPS) is 11.1. The summed E-state index contributed by atoms with van der Waals surface area (Å²) in [6.07, 6.45) is 3.44. The van der Waals surface area contributed by atoms with E-state index in [0.29, 0.717) is 11.6 Å². The lowest BCUT2D eigenvalue weighted by Crippen LogP contribution is -2.00. The minimum Gasteiger partial charge on any atom is -0.496 e. The van der Waals surface area contributed by atoms with Crippen LogP contribution in [-0.4, -0.2) is 12.9 Å². The van der Waals surface area contributed by atoms with Crippen LogP contribution in [0.2, 0.25) is 5.02 Å². The maximum atomic E-state index is 12.5. The van der Waals surface area contributed by atoms with Crippen LogP contribution in [-0.2, 0) is 6.61 Å². The molecule has 0 N–H and O–H groups in total. The molecule has 0 saturated carbocycles. The van der Waals surface area contributed by atoms with E-state index in [9.17, 15) is 4.79 Å². The molecule has 0 aliphatic heterocycles. The van der Waals surface area contributed by atoms with Crippen LogP contribution in [0, 0.1) is 20.8 Å². The number of thiophene rings is 1. The van der Waals surface area contributed by atoms with Crippen LogP contribution in [0.1, 0.15) is 36.8 Å². The standard InChI is InChI=1S/C24H23ClO3S/c1-15-11-20(25)7-10-23(15)28-14-19-13-18(6-9-24(19)27-4)5-8-22(26)21-12-16(2)29-17(21)3/h5-13H,14H2,1-4H3/b8-5+. The van der Waals surface area contributed by atoms with Crippen molar-refractivity contribution in [2.75, 3.05) is 7.11 Å². The minimum atomic E-state index is 0.0113. The highest BCUT2D eigenvalue weighted by molar-refractivity contribution is 7.12. The summed E-state index contributed by atoms with van der Waals surface area (Å²) in [4.78, 5) is 14.7. The van der Waals surface area contributed by atoms with E-state index in [4.69, 9.17) is 21.1 Å². The van der Waals surface area contributed by atoms with Crippen LogP contribution in [0.4, 0.5) is 0 Å². The average Bonchev–Trinajstić information content (AvgIpc) is 3.03. The van der Waals surface area contributed by atoms with Crippen molar-refractivity contribution in [3.63, 3.8) is 0 Å². The van der Waals surface area contributed by atoms with Crippen molar-refractivity contribution >= 4 is 34.8 Å². The Bertz CT molecular complexity index is 1070. The lowest BCUT2D eigenvalue weighted by atomic mass is 10.1. The van der Waals surface area contributed by atoms with Gasteiger partial charge >= 0.3 is 0 Å². The summed E-state index contributed by atoms with van der Waals surface area (Å²) in [7, 11) is 1.63. The number of hydrogen-bond acceptors (Lipinski definition) is 4. The number of carbonyl (C=O) groups is 1. The second kappa shape index (κ2) is 9.29. The predicted molar refractivity (Wildman–Crippen MR) is 121 cm³/mol. The van der Waals surface area contributed by atoms with Crippen molar-refractivity contribution in [1.82, 2.24) is 0 Å². The van der Waals surface area contributed by atoms with Crippen LogP contribution >= 0.6 is 22.9 Å². The molecule has 0 atom stereocenters. The number of benzene rings is 2. The van der Waals surface area contributed by atoms with Gasteiger partial charge in [0.25, 0.3) is 0 Å². The molecule has 5 heteroatoms. The summed E-state index contributed by atoms with van der Waals surface area (Å²) in [5.41, 5.74) is 3.55. The fourth-order valence-electron chi connectivity index (χ4n) is 3.08. The quantitative estimate of drug-likeness (QED) is 0.307. The molecule has 0 fully saturated rings. The molecule has 0 aliphatic carbocycles. The largest absolute Gasteiger partial charge is 0.496 e. The predicted octanol–water partition coefficient (Wildman–Crippen LogP) is 6.81. The maximum absolute atomic E-state index is 12.5. The molecule has 1 heterocycles. The summed E-state index contributed by atoms with van der Waals surface area (Å²) in [5.74, 6) is 1.53. The fourth-order valence-corrected chi connectivity index (χ4v) is 4.24. The molecule has 29 heavy (non-hydrogen) atoms. The average molecular weight is 427 g/mol. The molecule has 0 saturated heterocycles. The van der Waals surface area contributed by atoms with Crippen molar-refractivity contribution in [2.45, 2.75) is 27.4 Å². The van der Waals surface area contributed by atoms with Gasteiger partial charge in [-0.25, -0.2) is 0 Å². The van der Waals surface area contributed by atoms with Gasteiger partial charge in [-0.1, -0.05) is 23.7 Å². The van der Waals surface area contributed by atoms with Crippen LogP contribution in [0.25, 0.3) is 6.08 Å². The second-order valence-corrected chi connectivity index (χ2v) is 8.69. The third-order valence-electron chi connectivity index (χ3n) is 4.56. The molecular formula is C24H23ClO3S. The molecule has 0 aliphatic rings. The maximum Gasteiger partial charge on any atom is 0.186 e. The third-order valence-corrected chi connectivity index (χ3v) is 5.76. The zero-order valence-electron chi connectivity index (χ0n) is 16.9. The van der Waals surface area contributed by atoms with Crippen molar-refractivity contribution in [3.05, 3.63) is 85.6 Å². The van der Waals surface area contributed by atoms with Gasteiger partial charge in [-0.3, -0.25) is 4.79 Å². The smallest absolute Gasteiger partial charge is 0.186 e. The number of allylic oxidation sites excluding steroid dienone is 1. The lowest BCUT2D eigenvalue weighted by molar-refractivity contribution is 0.104. The second-order valence-electron chi connectivity index (χ2n) is 6.79. The number of methoxy groups -OCH3 is 1. The van der Waals surface area contributed by atoms with Gasteiger partial charge in [0.15, 0.2) is 5.78 Å². The van der Waals surface area contributed by atoms with E-state index in [2.05, 4.69) is 0 Å². The minimum absolute atomic E-state index is 0.0113. The molecule has 1 aromatic heterocycles. The van der Waals surface area contributed by atoms with Crippen LogP contribution in [0.15, 0.2) is 48.5 Å². The Hall–Kier alpha value is -2.56. The lowest BCUT2D eigenvalue weighted by Gasteiger charge is -2.13. The summed E-state index contributed by atoms with van der Waals surface area (Å²) < 4.78 is 11.4. The van der Waals surface area contributed by atoms with Gasteiger partial charge in [-0.15, -0.1) is 11.3 Å². The van der Waals surface area contributed by atoms with Crippen molar-refractivity contribution in [3.8, 4) is 11.5 Å². The number of ketones is 1. The van der Waals surface area contributed by atoms with Gasteiger partial charge in [-0.2, -0.15) is 0 Å². The van der Waals surface area contributed by atoms with E-state index in [-0.39, 0.29) is 5.78 Å². The fraction of sp³-hybridized carbons (Fsp3) is 0.208. The summed E-state index contributed by atoms with van der Waals surface area (Å²) in [6.45, 7) is 6.29.